The Morgan fingerprint density at radius 3 is 2.79 bits per heavy atom. The van der Waals surface area contributed by atoms with E-state index in [1.807, 2.05) is 6.20 Å². The van der Waals surface area contributed by atoms with E-state index in [9.17, 15) is 0 Å². The van der Waals surface area contributed by atoms with E-state index >= 15 is 0 Å². The molecule has 1 saturated heterocycles. The summed E-state index contributed by atoms with van der Waals surface area (Å²) in [5.74, 6) is 1.83. The Labute approximate surface area is 117 Å². The van der Waals surface area contributed by atoms with Gasteiger partial charge in [0.1, 0.15) is 5.82 Å². The first kappa shape index (κ1) is 14.3. The van der Waals surface area contributed by atoms with E-state index in [1.165, 1.54) is 37.9 Å². The average Bonchev–Trinajstić information content (AvgIpc) is 2.39. The lowest BCUT2D eigenvalue weighted by Crippen LogP contribution is -2.30. The molecule has 3 heteroatoms. The van der Waals surface area contributed by atoms with Crippen LogP contribution >= 0.6 is 0 Å². The van der Waals surface area contributed by atoms with E-state index in [0.29, 0.717) is 0 Å². The molecule has 0 aliphatic carbocycles. The molecule has 1 fully saturated rings. The van der Waals surface area contributed by atoms with Crippen molar-refractivity contribution in [1.82, 2.24) is 10.3 Å². The molecular formula is C16H27N3. The second-order valence-corrected chi connectivity index (χ2v) is 6.61. The van der Waals surface area contributed by atoms with E-state index in [4.69, 9.17) is 0 Å². The van der Waals surface area contributed by atoms with Gasteiger partial charge in [0, 0.05) is 12.7 Å². The van der Waals surface area contributed by atoms with Crippen molar-refractivity contribution in [2.75, 3.05) is 25.0 Å². The van der Waals surface area contributed by atoms with Crippen LogP contribution in [0.1, 0.15) is 45.6 Å². The lowest BCUT2D eigenvalue weighted by atomic mass is 9.88. The Bertz CT molecular complexity index is 372. The summed E-state index contributed by atoms with van der Waals surface area (Å²) in [4.78, 5) is 4.50. The summed E-state index contributed by atoms with van der Waals surface area (Å²) in [6.45, 7) is 10.0. The van der Waals surface area contributed by atoms with Crippen LogP contribution in [0.2, 0.25) is 0 Å². The maximum atomic E-state index is 4.50. The summed E-state index contributed by atoms with van der Waals surface area (Å²) in [6.07, 6.45) is 5.91. The molecule has 1 aromatic rings. The zero-order chi connectivity index (χ0) is 13.7. The quantitative estimate of drug-likeness (QED) is 0.874. The third kappa shape index (κ3) is 4.50. The number of nitrogens with one attached hydrogen (secondary N) is 2. The van der Waals surface area contributed by atoms with Crippen molar-refractivity contribution in [2.45, 2.75) is 45.4 Å². The van der Waals surface area contributed by atoms with Crippen LogP contribution in [0.25, 0.3) is 0 Å². The molecule has 1 unspecified atom stereocenters. The molecule has 1 aromatic heterocycles. The van der Waals surface area contributed by atoms with Gasteiger partial charge in [-0.05, 0) is 55.3 Å². The normalized spacial score (nSPS) is 20.3. The van der Waals surface area contributed by atoms with E-state index in [1.54, 1.807) is 0 Å². The van der Waals surface area contributed by atoms with Gasteiger partial charge in [-0.25, -0.2) is 4.98 Å². The first-order chi connectivity index (χ1) is 9.05. The van der Waals surface area contributed by atoms with Crippen molar-refractivity contribution in [3.8, 4) is 0 Å². The first-order valence-electron chi connectivity index (χ1n) is 7.47. The van der Waals surface area contributed by atoms with Gasteiger partial charge >= 0.3 is 0 Å². The van der Waals surface area contributed by atoms with Crippen molar-refractivity contribution in [3.63, 3.8) is 0 Å². The molecule has 1 aliphatic heterocycles. The molecule has 0 aromatic carbocycles. The molecule has 0 radical (unpaired) electrons. The van der Waals surface area contributed by atoms with Crippen molar-refractivity contribution >= 4 is 5.82 Å². The molecule has 0 amide bonds. The Balaban J connectivity index is 1.76. The van der Waals surface area contributed by atoms with Gasteiger partial charge in [0.25, 0.3) is 0 Å². The van der Waals surface area contributed by atoms with Crippen LogP contribution in [0.4, 0.5) is 5.82 Å². The number of nitrogens with zero attached hydrogens (tertiary/aromatic N) is 1. The molecule has 3 nitrogen and oxygen atoms in total. The number of anilines is 1. The second kappa shape index (κ2) is 6.38. The van der Waals surface area contributed by atoms with Gasteiger partial charge in [0.05, 0.1) is 0 Å². The van der Waals surface area contributed by atoms with Gasteiger partial charge in [-0.15, -0.1) is 0 Å². The van der Waals surface area contributed by atoms with Crippen molar-refractivity contribution in [3.05, 3.63) is 23.9 Å². The fourth-order valence-electron chi connectivity index (χ4n) is 2.52. The first-order valence-corrected chi connectivity index (χ1v) is 7.47. The minimum absolute atomic E-state index is 0.180. The Hall–Kier alpha value is -1.09. The Morgan fingerprint density at radius 1 is 1.37 bits per heavy atom. The van der Waals surface area contributed by atoms with E-state index in [0.717, 1.165) is 18.3 Å². The second-order valence-electron chi connectivity index (χ2n) is 6.61. The van der Waals surface area contributed by atoms with Crippen LogP contribution in [0.5, 0.6) is 0 Å². The van der Waals surface area contributed by atoms with E-state index in [-0.39, 0.29) is 5.41 Å². The molecule has 1 atom stereocenters. The number of hydrogen-bond donors (Lipinski definition) is 2. The molecule has 2 N–H and O–H groups in total. The standard InChI is InChI=1S/C16H27N3/c1-16(2,3)14-6-7-15(19-12-14)18-10-8-13-5-4-9-17-11-13/h6-7,12-13,17H,4-5,8-11H2,1-3H3,(H,18,19). The summed E-state index contributed by atoms with van der Waals surface area (Å²) in [7, 11) is 0. The molecule has 2 heterocycles. The maximum Gasteiger partial charge on any atom is 0.125 e. The smallest absolute Gasteiger partial charge is 0.125 e. The predicted octanol–water partition coefficient (Wildman–Crippen LogP) is 3.18. The minimum atomic E-state index is 0.180. The van der Waals surface area contributed by atoms with Gasteiger partial charge in [0.15, 0.2) is 0 Å². The summed E-state index contributed by atoms with van der Waals surface area (Å²) < 4.78 is 0. The zero-order valence-electron chi connectivity index (χ0n) is 12.5. The number of hydrogen-bond acceptors (Lipinski definition) is 3. The topological polar surface area (TPSA) is 37.0 Å². The van der Waals surface area contributed by atoms with Gasteiger partial charge in [-0.3, -0.25) is 0 Å². The van der Waals surface area contributed by atoms with Crippen LogP contribution in [0.3, 0.4) is 0 Å². The summed E-state index contributed by atoms with van der Waals surface area (Å²) in [6, 6.07) is 4.28. The number of aromatic nitrogens is 1. The van der Waals surface area contributed by atoms with Crippen LogP contribution in [-0.2, 0) is 5.41 Å². The van der Waals surface area contributed by atoms with Crippen LogP contribution in [-0.4, -0.2) is 24.6 Å². The van der Waals surface area contributed by atoms with Crippen LogP contribution in [0, 0.1) is 5.92 Å². The molecule has 1 aliphatic rings. The fraction of sp³-hybridized carbons (Fsp3) is 0.688. The number of pyridine rings is 1. The SMILES string of the molecule is CC(C)(C)c1ccc(NCCC2CCCNC2)nc1. The van der Waals surface area contributed by atoms with Crippen molar-refractivity contribution in [1.29, 1.82) is 0 Å². The van der Waals surface area contributed by atoms with Gasteiger partial charge in [-0.1, -0.05) is 26.8 Å². The number of rotatable bonds is 4. The number of piperidine rings is 1. The largest absolute Gasteiger partial charge is 0.370 e. The zero-order valence-corrected chi connectivity index (χ0v) is 12.5. The van der Waals surface area contributed by atoms with Gasteiger partial charge < -0.3 is 10.6 Å². The highest BCUT2D eigenvalue weighted by Gasteiger charge is 2.14. The highest BCUT2D eigenvalue weighted by atomic mass is 15.0. The lowest BCUT2D eigenvalue weighted by molar-refractivity contribution is 0.364. The van der Waals surface area contributed by atoms with E-state index in [2.05, 4.69) is 48.5 Å². The monoisotopic (exact) mass is 261 g/mol. The lowest BCUT2D eigenvalue weighted by Gasteiger charge is -2.23. The minimum Gasteiger partial charge on any atom is -0.370 e. The third-order valence-corrected chi connectivity index (χ3v) is 3.89. The fourth-order valence-corrected chi connectivity index (χ4v) is 2.52. The van der Waals surface area contributed by atoms with E-state index < -0.39 is 0 Å². The molecule has 0 spiro atoms. The molecular weight excluding hydrogens is 234 g/mol. The highest BCUT2D eigenvalue weighted by Crippen LogP contribution is 2.22. The molecule has 0 bridgehead atoms. The highest BCUT2D eigenvalue weighted by molar-refractivity contribution is 5.36. The summed E-state index contributed by atoms with van der Waals surface area (Å²) in [5.41, 5.74) is 1.47. The van der Waals surface area contributed by atoms with Crippen molar-refractivity contribution in [2.24, 2.45) is 5.92 Å². The predicted molar refractivity (Wildman–Crippen MR) is 81.6 cm³/mol. The van der Waals surface area contributed by atoms with Crippen molar-refractivity contribution < 1.29 is 0 Å². The Morgan fingerprint density at radius 2 is 2.21 bits per heavy atom. The average molecular weight is 261 g/mol. The third-order valence-electron chi connectivity index (χ3n) is 3.89. The maximum absolute atomic E-state index is 4.50. The van der Waals surface area contributed by atoms with Crippen LogP contribution < -0.4 is 10.6 Å². The molecule has 19 heavy (non-hydrogen) atoms. The molecule has 0 saturated carbocycles. The molecule has 106 valence electrons. The summed E-state index contributed by atoms with van der Waals surface area (Å²) in [5, 5.41) is 6.90. The summed E-state index contributed by atoms with van der Waals surface area (Å²) >= 11 is 0. The van der Waals surface area contributed by atoms with Gasteiger partial charge in [0.2, 0.25) is 0 Å². The molecule has 2 rings (SSSR count). The van der Waals surface area contributed by atoms with Crippen LogP contribution in [0.15, 0.2) is 18.3 Å². The Kier molecular flexibility index (Phi) is 4.81. The van der Waals surface area contributed by atoms with Gasteiger partial charge in [-0.2, -0.15) is 0 Å².